The van der Waals surface area contributed by atoms with Gasteiger partial charge in [0.25, 0.3) is 0 Å². The Morgan fingerprint density at radius 3 is 2.50 bits per heavy atom. The smallest absolute Gasteiger partial charge is 0.175 e. The van der Waals surface area contributed by atoms with Crippen LogP contribution >= 0.6 is 11.6 Å². The highest BCUT2D eigenvalue weighted by Gasteiger charge is 2.46. The summed E-state index contributed by atoms with van der Waals surface area (Å²) in [5, 5.41) is 10.3. The van der Waals surface area contributed by atoms with Crippen molar-refractivity contribution in [3.05, 3.63) is 29.8 Å². The third-order valence-electron chi connectivity index (χ3n) is 3.01. The molecule has 0 aromatic heterocycles. The number of aliphatic hydroxyl groups excluding tert-OH is 1. The number of nitrogen functional groups attached to an aromatic ring is 1. The lowest BCUT2D eigenvalue weighted by molar-refractivity contribution is 0.154. The topological polar surface area (TPSA) is 80.4 Å². The van der Waals surface area contributed by atoms with Gasteiger partial charge in [-0.3, -0.25) is 0 Å². The normalized spacial score (nSPS) is 17.1. The molecular formula is C12H18ClNO3S. The van der Waals surface area contributed by atoms with Gasteiger partial charge in [0, 0.05) is 11.4 Å². The number of rotatable bonds is 5. The van der Waals surface area contributed by atoms with Crippen molar-refractivity contribution in [3.63, 3.8) is 0 Å². The highest BCUT2D eigenvalue weighted by molar-refractivity contribution is 7.94. The average Bonchev–Trinajstić information content (AvgIpc) is 2.36. The minimum Gasteiger partial charge on any atom is -0.399 e. The lowest BCUT2D eigenvalue weighted by Gasteiger charge is -2.30. The van der Waals surface area contributed by atoms with Crippen LogP contribution in [-0.4, -0.2) is 23.5 Å². The number of sulfone groups is 1. The lowest BCUT2D eigenvalue weighted by Crippen LogP contribution is -2.39. The molecule has 0 aliphatic rings. The van der Waals surface area contributed by atoms with Gasteiger partial charge in [0.2, 0.25) is 0 Å². The van der Waals surface area contributed by atoms with Gasteiger partial charge in [-0.2, -0.15) is 0 Å². The van der Waals surface area contributed by atoms with E-state index in [-0.39, 0.29) is 12.2 Å². The molecular weight excluding hydrogens is 274 g/mol. The van der Waals surface area contributed by atoms with Gasteiger partial charge in [-0.25, -0.2) is 8.42 Å². The van der Waals surface area contributed by atoms with Crippen LogP contribution < -0.4 is 5.73 Å². The van der Waals surface area contributed by atoms with Crippen molar-refractivity contribution in [2.45, 2.75) is 30.6 Å². The summed E-state index contributed by atoms with van der Waals surface area (Å²) in [4.78, 5) is 0. The van der Waals surface area contributed by atoms with E-state index in [0.717, 1.165) is 0 Å². The van der Waals surface area contributed by atoms with Crippen molar-refractivity contribution in [2.24, 2.45) is 0 Å². The van der Waals surface area contributed by atoms with Crippen LogP contribution in [0.25, 0.3) is 0 Å². The SMILES string of the molecule is CC[C@@](Cl)([C@H](O)c1cccc(N)c1)S(=O)(=O)CC. The fraction of sp³-hybridized carbons (Fsp3) is 0.500. The molecule has 18 heavy (non-hydrogen) atoms. The predicted molar refractivity (Wildman–Crippen MR) is 74.2 cm³/mol. The van der Waals surface area contributed by atoms with E-state index in [1.165, 1.54) is 13.0 Å². The number of halogens is 1. The summed E-state index contributed by atoms with van der Waals surface area (Å²) in [7, 11) is -3.60. The van der Waals surface area contributed by atoms with E-state index in [9.17, 15) is 13.5 Å². The second-order valence-electron chi connectivity index (χ2n) is 4.12. The number of hydrogen-bond acceptors (Lipinski definition) is 4. The second kappa shape index (κ2) is 5.47. The molecule has 0 heterocycles. The Kier molecular flexibility index (Phi) is 4.64. The van der Waals surface area contributed by atoms with Crippen molar-refractivity contribution in [1.29, 1.82) is 0 Å². The fourth-order valence-corrected chi connectivity index (χ4v) is 3.65. The van der Waals surface area contributed by atoms with Crippen LogP contribution in [0.15, 0.2) is 24.3 Å². The third kappa shape index (κ3) is 2.63. The van der Waals surface area contributed by atoms with E-state index >= 15 is 0 Å². The maximum Gasteiger partial charge on any atom is 0.175 e. The Morgan fingerprint density at radius 1 is 1.44 bits per heavy atom. The van der Waals surface area contributed by atoms with E-state index in [4.69, 9.17) is 17.3 Å². The monoisotopic (exact) mass is 291 g/mol. The van der Waals surface area contributed by atoms with Gasteiger partial charge >= 0.3 is 0 Å². The number of anilines is 1. The molecule has 1 aromatic rings. The van der Waals surface area contributed by atoms with Crippen molar-refractivity contribution >= 4 is 27.1 Å². The van der Waals surface area contributed by atoms with Crippen molar-refractivity contribution in [1.82, 2.24) is 0 Å². The van der Waals surface area contributed by atoms with E-state index in [2.05, 4.69) is 0 Å². The Hall–Kier alpha value is -0.780. The molecule has 0 saturated heterocycles. The molecule has 3 N–H and O–H groups in total. The van der Waals surface area contributed by atoms with Crippen molar-refractivity contribution in [2.75, 3.05) is 11.5 Å². The zero-order valence-electron chi connectivity index (χ0n) is 10.4. The first-order valence-corrected chi connectivity index (χ1v) is 7.76. The number of nitrogens with two attached hydrogens (primary N) is 1. The molecule has 1 aromatic carbocycles. The number of aliphatic hydroxyl groups is 1. The quantitative estimate of drug-likeness (QED) is 0.643. The van der Waals surface area contributed by atoms with Crippen molar-refractivity contribution in [3.8, 4) is 0 Å². The van der Waals surface area contributed by atoms with Gasteiger partial charge in [0.05, 0.1) is 0 Å². The summed E-state index contributed by atoms with van der Waals surface area (Å²) < 4.78 is 22.3. The second-order valence-corrected chi connectivity index (χ2v) is 7.55. The molecule has 0 radical (unpaired) electrons. The van der Waals surface area contributed by atoms with Crippen LogP contribution in [0.3, 0.4) is 0 Å². The molecule has 0 amide bonds. The van der Waals surface area contributed by atoms with Crippen LogP contribution in [-0.2, 0) is 9.84 Å². The first kappa shape index (κ1) is 15.3. The maximum atomic E-state index is 12.0. The van der Waals surface area contributed by atoms with Crippen LogP contribution in [0.2, 0.25) is 0 Å². The summed E-state index contributed by atoms with van der Waals surface area (Å²) in [6.45, 7) is 3.14. The Bertz CT molecular complexity index is 518. The van der Waals surface area contributed by atoms with Crippen LogP contribution in [0.5, 0.6) is 0 Å². The minimum absolute atomic E-state index is 0.112. The predicted octanol–water partition coefficient (Wildman–Crippen LogP) is 2.08. The Labute approximate surface area is 113 Å². The first-order chi connectivity index (χ1) is 8.28. The molecule has 0 saturated carbocycles. The fourth-order valence-electron chi connectivity index (χ4n) is 1.80. The van der Waals surface area contributed by atoms with Gasteiger partial charge in [-0.05, 0) is 24.1 Å². The maximum absolute atomic E-state index is 12.0. The third-order valence-corrected chi connectivity index (χ3v) is 6.50. The zero-order chi connectivity index (χ0) is 14.0. The van der Waals surface area contributed by atoms with E-state index in [1.54, 1.807) is 25.1 Å². The Balaban J connectivity index is 3.26. The molecule has 0 unspecified atom stereocenters. The van der Waals surface area contributed by atoms with Crippen LogP contribution in [0.1, 0.15) is 31.9 Å². The number of alkyl halides is 1. The lowest BCUT2D eigenvalue weighted by atomic mass is 10.0. The van der Waals surface area contributed by atoms with Crippen molar-refractivity contribution < 1.29 is 13.5 Å². The van der Waals surface area contributed by atoms with E-state index in [0.29, 0.717) is 11.3 Å². The molecule has 0 spiro atoms. The largest absolute Gasteiger partial charge is 0.399 e. The summed E-state index contributed by atoms with van der Waals surface area (Å²) >= 11 is 6.17. The van der Waals surface area contributed by atoms with Gasteiger partial charge in [0.1, 0.15) is 6.10 Å². The summed E-state index contributed by atoms with van der Waals surface area (Å²) in [6.07, 6.45) is -1.20. The van der Waals surface area contributed by atoms with Gasteiger partial charge in [-0.1, -0.05) is 37.6 Å². The van der Waals surface area contributed by atoms with E-state index < -0.39 is 20.1 Å². The van der Waals surface area contributed by atoms with Gasteiger partial charge in [-0.15, -0.1) is 0 Å². The highest BCUT2D eigenvalue weighted by Crippen LogP contribution is 2.40. The molecule has 4 nitrogen and oxygen atoms in total. The number of benzene rings is 1. The molecule has 0 aliphatic heterocycles. The minimum atomic E-state index is -3.60. The van der Waals surface area contributed by atoms with E-state index in [1.807, 2.05) is 0 Å². The summed E-state index contributed by atoms with van der Waals surface area (Å²) in [5.41, 5.74) is 6.48. The summed E-state index contributed by atoms with van der Waals surface area (Å²) in [6, 6.07) is 6.45. The molecule has 0 fully saturated rings. The van der Waals surface area contributed by atoms with Gasteiger partial charge < -0.3 is 10.8 Å². The van der Waals surface area contributed by atoms with Gasteiger partial charge in [0.15, 0.2) is 14.0 Å². The zero-order valence-corrected chi connectivity index (χ0v) is 12.0. The van der Waals surface area contributed by atoms with Crippen LogP contribution in [0, 0.1) is 0 Å². The molecule has 102 valence electrons. The Morgan fingerprint density at radius 2 is 2.06 bits per heavy atom. The first-order valence-electron chi connectivity index (χ1n) is 5.73. The van der Waals surface area contributed by atoms with Crippen LogP contribution in [0.4, 0.5) is 5.69 Å². The molecule has 2 atom stereocenters. The molecule has 0 aliphatic carbocycles. The average molecular weight is 292 g/mol. The summed E-state index contributed by atoms with van der Waals surface area (Å²) in [5.74, 6) is -0.121. The molecule has 0 bridgehead atoms. The number of hydrogen-bond donors (Lipinski definition) is 2. The molecule has 1 rings (SSSR count). The standard InChI is InChI=1S/C12H18ClNO3S/c1-3-12(13,18(16,17)4-2)11(15)9-6-5-7-10(14)8-9/h5-8,11,15H,3-4,14H2,1-2H3/t11-,12+/m1/s1. The molecule has 6 heteroatoms. The highest BCUT2D eigenvalue weighted by atomic mass is 35.5.